The molecule has 142 valence electrons. The molecule has 0 fully saturated rings. The predicted octanol–water partition coefficient (Wildman–Crippen LogP) is 3.52. The zero-order chi connectivity index (χ0) is 19.4. The molecular formula is C21H23NO5. The number of hydrogen-bond donors (Lipinski definition) is 1. The first kappa shape index (κ1) is 18.8. The van der Waals surface area contributed by atoms with Crippen molar-refractivity contribution in [2.45, 2.75) is 38.9 Å². The van der Waals surface area contributed by atoms with E-state index in [-0.39, 0.29) is 6.61 Å². The van der Waals surface area contributed by atoms with Gasteiger partial charge in [0, 0.05) is 5.69 Å². The number of anilines is 1. The van der Waals surface area contributed by atoms with Crippen molar-refractivity contribution in [2.75, 3.05) is 11.9 Å². The van der Waals surface area contributed by atoms with E-state index < -0.39 is 24.1 Å². The SMILES string of the molecule is CC(C)c1ccc(NC(=O)[C@H](C)OC(=O)[C@H]2COc3ccccc3O2)cc1. The van der Waals surface area contributed by atoms with E-state index >= 15 is 0 Å². The monoisotopic (exact) mass is 369 g/mol. The number of ether oxygens (including phenoxy) is 3. The maximum absolute atomic E-state index is 12.3. The number of fused-ring (bicyclic) bond motifs is 1. The van der Waals surface area contributed by atoms with E-state index in [1.54, 1.807) is 18.2 Å². The zero-order valence-corrected chi connectivity index (χ0v) is 15.6. The summed E-state index contributed by atoms with van der Waals surface area (Å²) in [5, 5.41) is 2.74. The van der Waals surface area contributed by atoms with E-state index in [1.807, 2.05) is 30.3 Å². The van der Waals surface area contributed by atoms with Crippen molar-refractivity contribution in [2.24, 2.45) is 0 Å². The highest BCUT2D eigenvalue weighted by Gasteiger charge is 2.31. The summed E-state index contributed by atoms with van der Waals surface area (Å²) in [6.07, 6.45) is -1.86. The second kappa shape index (κ2) is 8.12. The number of esters is 1. The molecule has 27 heavy (non-hydrogen) atoms. The van der Waals surface area contributed by atoms with Gasteiger partial charge in [-0.1, -0.05) is 38.1 Å². The fourth-order valence-corrected chi connectivity index (χ4v) is 2.63. The molecule has 0 unspecified atom stereocenters. The van der Waals surface area contributed by atoms with E-state index in [9.17, 15) is 9.59 Å². The first-order valence-corrected chi connectivity index (χ1v) is 8.94. The van der Waals surface area contributed by atoms with Crippen LogP contribution in [0.5, 0.6) is 11.5 Å². The molecule has 1 aliphatic heterocycles. The van der Waals surface area contributed by atoms with Crippen molar-refractivity contribution >= 4 is 17.6 Å². The lowest BCUT2D eigenvalue weighted by Gasteiger charge is -2.25. The molecule has 1 aliphatic rings. The highest BCUT2D eigenvalue weighted by Crippen LogP contribution is 2.31. The minimum Gasteiger partial charge on any atom is -0.485 e. The average molecular weight is 369 g/mol. The third-order valence-corrected chi connectivity index (χ3v) is 4.28. The second-order valence-electron chi connectivity index (χ2n) is 6.71. The Morgan fingerprint density at radius 1 is 1.04 bits per heavy atom. The van der Waals surface area contributed by atoms with Crippen molar-refractivity contribution in [3.8, 4) is 11.5 Å². The highest BCUT2D eigenvalue weighted by atomic mass is 16.6. The minimum atomic E-state index is -0.956. The highest BCUT2D eigenvalue weighted by molar-refractivity contribution is 5.95. The van der Waals surface area contributed by atoms with Crippen LogP contribution < -0.4 is 14.8 Å². The fourth-order valence-electron chi connectivity index (χ4n) is 2.63. The van der Waals surface area contributed by atoms with Gasteiger partial charge in [0.2, 0.25) is 6.10 Å². The Morgan fingerprint density at radius 2 is 1.70 bits per heavy atom. The van der Waals surface area contributed by atoms with E-state index in [0.717, 1.165) is 0 Å². The van der Waals surface area contributed by atoms with Gasteiger partial charge in [-0.2, -0.15) is 0 Å². The van der Waals surface area contributed by atoms with Gasteiger partial charge in [-0.25, -0.2) is 4.79 Å². The van der Waals surface area contributed by atoms with Crippen LogP contribution >= 0.6 is 0 Å². The summed E-state index contributed by atoms with van der Waals surface area (Å²) >= 11 is 0. The second-order valence-corrected chi connectivity index (χ2v) is 6.71. The van der Waals surface area contributed by atoms with Crippen LogP contribution in [0.3, 0.4) is 0 Å². The Balaban J connectivity index is 1.54. The number of rotatable bonds is 5. The molecule has 0 aromatic heterocycles. The van der Waals surface area contributed by atoms with Crippen molar-refractivity contribution < 1.29 is 23.8 Å². The summed E-state index contributed by atoms with van der Waals surface area (Å²) in [5.41, 5.74) is 1.83. The molecule has 1 heterocycles. The molecule has 0 spiro atoms. The number of carbonyl (C=O) groups excluding carboxylic acids is 2. The van der Waals surface area contributed by atoms with Crippen LogP contribution in [-0.2, 0) is 14.3 Å². The van der Waals surface area contributed by atoms with Crippen LogP contribution in [0.2, 0.25) is 0 Å². The molecule has 0 saturated carbocycles. The van der Waals surface area contributed by atoms with Crippen LogP contribution in [0.1, 0.15) is 32.3 Å². The molecule has 0 aliphatic carbocycles. The molecule has 0 saturated heterocycles. The van der Waals surface area contributed by atoms with Gasteiger partial charge < -0.3 is 19.5 Å². The van der Waals surface area contributed by atoms with Gasteiger partial charge in [0.05, 0.1) is 0 Å². The van der Waals surface area contributed by atoms with E-state index in [0.29, 0.717) is 23.1 Å². The summed E-state index contributed by atoms with van der Waals surface area (Å²) in [4.78, 5) is 24.6. The molecule has 1 N–H and O–H groups in total. The lowest BCUT2D eigenvalue weighted by molar-refractivity contribution is -0.162. The normalized spacial score (nSPS) is 16.5. The van der Waals surface area contributed by atoms with Gasteiger partial charge in [0.25, 0.3) is 5.91 Å². The molecule has 3 rings (SSSR count). The Labute approximate surface area is 158 Å². The number of amides is 1. The first-order chi connectivity index (χ1) is 12.9. The van der Waals surface area contributed by atoms with Crippen molar-refractivity contribution in [1.82, 2.24) is 0 Å². The Hall–Kier alpha value is -3.02. The molecule has 2 atom stereocenters. The maximum atomic E-state index is 12.3. The molecule has 1 amide bonds. The van der Waals surface area contributed by atoms with E-state index in [4.69, 9.17) is 14.2 Å². The van der Waals surface area contributed by atoms with Crippen LogP contribution in [-0.4, -0.2) is 30.7 Å². The largest absolute Gasteiger partial charge is 0.485 e. The molecule has 2 aromatic carbocycles. The van der Waals surface area contributed by atoms with Crippen LogP contribution in [0, 0.1) is 0 Å². The number of benzene rings is 2. The summed E-state index contributed by atoms with van der Waals surface area (Å²) < 4.78 is 16.3. The summed E-state index contributed by atoms with van der Waals surface area (Å²) in [6, 6.07) is 14.7. The van der Waals surface area contributed by atoms with Crippen LogP contribution in [0.15, 0.2) is 48.5 Å². The predicted molar refractivity (Wildman–Crippen MR) is 101 cm³/mol. The van der Waals surface area contributed by atoms with Gasteiger partial charge in [0.15, 0.2) is 17.6 Å². The van der Waals surface area contributed by atoms with Gasteiger partial charge in [-0.05, 0) is 42.7 Å². The fraction of sp³-hybridized carbons (Fsp3) is 0.333. The van der Waals surface area contributed by atoms with E-state index in [1.165, 1.54) is 12.5 Å². The van der Waals surface area contributed by atoms with Gasteiger partial charge in [0.1, 0.15) is 6.61 Å². The lowest BCUT2D eigenvalue weighted by atomic mass is 10.0. The average Bonchev–Trinajstić information content (AvgIpc) is 2.67. The summed E-state index contributed by atoms with van der Waals surface area (Å²) in [7, 11) is 0. The number of hydrogen-bond acceptors (Lipinski definition) is 5. The summed E-state index contributed by atoms with van der Waals surface area (Å²) in [6.45, 7) is 5.77. The topological polar surface area (TPSA) is 73.9 Å². The molecule has 6 heteroatoms. The molecule has 0 radical (unpaired) electrons. The molecule has 6 nitrogen and oxygen atoms in total. The third-order valence-electron chi connectivity index (χ3n) is 4.28. The van der Waals surface area contributed by atoms with Gasteiger partial charge in [-0.15, -0.1) is 0 Å². The minimum absolute atomic E-state index is 0.0425. The van der Waals surface area contributed by atoms with Crippen molar-refractivity contribution in [1.29, 1.82) is 0 Å². The van der Waals surface area contributed by atoms with E-state index in [2.05, 4.69) is 19.2 Å². The third kappa shape index (κ3) is 4.58. The Morgan fingerprint density at radius 3 is 2.37 bits per heavy atom. The zero-order valence-electron chi connectivity index (χ0n) is 15.6. The van der Waals surface area contributed by atoms with Crippen molar-refractivity contribution in [3.05, 3.63) is 54.1 Å². The first-order valence-electron chi connectivity index (χ1n) is 8.94. The smallest absolute Gasteiger partial charge is 0.351 e. The standard InChI is InChI=1S/C21H23NO5/c1-13(2)15-8-10-16(11-9-15)22-20(23)14(3)26-21(24)19-12-25-17-6-4-5-7-18(17)27-19/h4-11,13-14,19H,12H2,1-3H3,(H,22,23)/t14-,19+/m0/s1. The molecule has 0 bridgehead atoms. The van der Waals surface area contributed by atoms with Crippen LogP contribution in [0.25, 0.3) is 0 Å². The number of carbonyl (C=O) groups is 2. The molecule has 2 aromatic rings. The van der Waals surface area contributed by atoms with Gasteiger partial charge >= 0.3 is 5.97 Å². The Kier molecular flexibility index (Phi) is 5.64. The molecular weight excluding hydrogens is 346 g/mol. The van der Waals surface area contributed by atoms with Gasteiger partial charge in [-0.3, -0.25) is 4.79 Å². The maximum Gasteiger partial charge on any atom is 0.351 e. The summed E-state index contributed by atoms with van der Waals surface area (Å²) in [5.74, 6) is 0.433. The van der Waals surface area contributed by atoms with Crippen molar-refractivity contribution in [3.63, 3.8) is 0 Å². The number of nitrogens with one attached hydrogen (secondary N) is 1. The number of para-hydroxylation sites is 2. The van der Waals surface area contributed by atoms with Crippen LogP contribution in [0.4, 0.5) is 5.69 Å². The quantitative estimate of drug-likeness (QED) is 0.817. The Bertz CT molecular complexity index is 816. The lowest BCUT2D eigenvalue weighted by Crippen LogP contribution is -2.41.